The Hall–Kier alpha value is -2.97. The van der Waals surface area contributed by atoms with E-state index in [1.807, 2.05) is 48.5 Å². The summed E-state index contributed by atoms with van der Waals surface area (Å²) in [5, 5.41) is 11.9. The van der Waals surface area contributed by atoms with E-state index < -0.39 is 17.9 Å². The Labute approximate surface area is 184 Å². The summed E-state index contributed by atoms with van der Waals surface area (Å²) in [6.07, 6.45) is 1.91. The van der Waals surface area contributed by atoms with E-state index in [2.05, 4.69) is 5.32 Å². The zero-order valence-electron chi connectivity index (χ0n) is 16.0. The second-order valence-electron chi connectivity index (χ2n) is 6.64. The van der Waals surface area contributed by atoms with Crippen LogP contribution in [0.25, 0.3) is 6.08 Å². The molecule has 1 saturated heterocycles. The monoisotopic (exact) mass is 440 g/mol. The Balaban J connectivity index is 1.57. The summed E-state index contributed by atoms with van der Waals surface area (Å²) in [6, 6.07) is 17.5. The molecule has 2 N–H and O–H groups in total. The van der Waals surface area contributed by atoms with Crippen molar-refractivity contribution in [2.75, 3.05) is 6.54 Å². The highest BCUT2D eigenvalue weighted by molar-refractivity contribution is 8.26. The molecule has 154 valence electrons. The summed E-state index contributed by atoms with van der Waals surface area (Å²) >= 11 is 6.47. The van der Waals surface area contributed by atoms with Gasteiger partial charge in [-0.3, -0.25) is 14.5 Å². The van der Waals surface area contributed by atoms with E-state index in [0.717, 1.165) is 11.1 Å². The fourth-order valence-corrected chi connectivity index (χ4v) is 4.23. The minimum absolute atomic E-state index is 0.0381. The molecule has 1 atom stereocenters. The van der Waals surface area contributed by atoms with Crippen molar-refractivity contribution in [1.82, 2.24) is 10.2 Å². The number of amides is 2. The zero-order chi connectivity index (χ0) is 21.5. The fraction of sp³-hybridized carbons (Fsp3) is 0.182. The van der Waals surface area contributed by atoms with E-state index in [9.17, 15) is 19.5 Å². The summed E-state index contributed by atoms with van der Waals surface area (Å²) in [5.74, 6) is -1.80. The second-order valence-corrected chi connectivity index (χ2v) is 8.32. The molecule has 6 nitrogen and oxygen atoms in total. The maximum absolute atomic E-state index is 12.6. The van der Waals surface area contributed by atoms with E-state index in [4.69, 9.17) is 12.2 Å². The first-order valence-electron chi connectivity index (χ1n) is 9.30. The van der Waals surface area contributed by atoms with Gasteiger partial charge in [-0.25, -0.2) is 4.79 Å². The molecule has 8 heteroatoms. The van der Waals surface area contributed by atoms with E-state index in [1.165, 1.54) is 16.7 Å². The van der Waals surface area contributed by atoms with Gasteiger partial charge in [0, 0.05) is 19.4 Å². The third-order valence-electron chi connectivity index (χ3n) is 4.45. The Kier molecular flexibility index (Phi) is 7.37. The minimum Gasteiger partial charge on any atom is -0.480 e. The number of nitrogens with one attached hydrogen (secondary N) is 1. The van der Waals surface area contributed by atoms with Gasteiger partial charge in [-0.2, -0.15) is 0 Å². The zero-order valence-corrected chi connectivity index (χ0v) is 17.6. The average molecular weight is 441 g/mol. The molecule has 1 unspecified atom stereocenters. The molecule has 0 aromatic heterocycles. The van der Waals surface area contributed by atoms with Crippen molar-refractivity contribution in [2.45, 2.75) is 18.9 Å². The summed E-state index contributed by atoms with van der Waals surface area (Å²) in [6.45, 7) is 0.0975. The lowest BCUT2D eigenvalue weighted by atomic mass is 10.1. The van der Waals surface area contributed by atoms with Crippen molar-refractivity contribution in [2.24, 2.45) is 0 Å². The summed E-state index contributed by atoms with van der Waals surface area (Å²) in [7, 11) is 0. The number of carbonyl (C=O) groups excluding carboxylic acids is 2. The van der Waals surface area contributed by atoms with Gasteiger partial charge in [-0.1, -0.05) is 84.6 Å². The van der Waals surface area contributed by atoms with Crippen LogP contribution in [-0.4, -0.2) is 44.7 Å². The first-order chi connectivity index (χ1) is 14.4. The molecule has 1 fully saturated rings. The highest BCUT2D eigenvalue weighted by atomic mass is 32.2. The average Bonchev–Trinajstić information content (AvgIpc) is 3.00. The van der Waals surface area contributed by atoms with Gasteiger partial charge >= 0.3 is 5.97 Å². The molecule has 1 heterocycles. The smallest absolute Gasteiger partial charge is 0.326 e. The lowest BCUT2D eigenvalue weighted by Gasteiger charge is -2.17. The molecule has 0 bridgehead atoms. The molecule has 2 aromatic carbocycles. The van der Waals surface area contributed by atoms with Crippen LogP contribution in [-0.2, 0) is 20.8 Å². The number of thiocarbonyl (C=S) groups is 1. The van der Waals surface area contributed by atoms with Crippen LogP contribution in [0.5, 0.6) is 0 Å². The molecule has 30 heavy (non-hydrogen) atoms. The lowest BCUT2D eigenvalue weighted by Crippen LogP contribution is -2.43. The van der Waals surface area contributed by atoms with Gasteiger partial charge in [-0.05, 0) is 17.2 Å². The summed E-state index contributed by atoms with van der Waals surface area (Å²) in [4.78, 5) is 38.3. The van der Waals surface area contributed by atoms with Gasteiger partial charge in [0.05, 0.1) is 4.91 Å². The van der Waals surface area contributed by atoms with Crippen molar-refractivity contribution in [3.63, 3.8) is 0 Å². The normalized spacial score (nSPS) is 16.0. The number of nitrogens with zero attached hydrogens (tertiary/aromatic N) is 1. The summed E-state index contributed by atoms with van der Waals surface area (Å²) in [5.41, 5.74) is 1.70. The molecule has 0 radical (unpaired) electrons. The Morgan fingerprint density at radius 1 is 1.10 bits per heavy atom. The Bertz CT molecular complexity index is 977. The van der Waals surface area contributed by atoms with Crippen molar-refractivity contribution in [1.29, 1.82) is 0 Å². The van der Waals surface area contributed by atoms with Crippen LogP contribution < -0.4 is 5.32 Å². The van der Waals surface area contributed by atoms with Crippen LogP contribution in [0, 0.1) is 0 Å². The molecule has 2 aromatic rings. The lowest BCUT2D eigenvalue weighted by molar-refractivity contribution is -0.141. The molecular weight excluding hydrogens is 420 g/mol. The van der Waals surface area contributed by atoms with Crippen LogP contribution in [0.4, 0.5) is 0 Å². The van der Waals surface area contributed by atoms with Gasteiger partial charge in [0.2, 0.25) is 5.91 Å². The number of benzene rings is 2. The molecule has 0 spiro atoms. The molecule has 1 aliphatic rings. The number of aliphatic carboxylic acids is 1. The van der Waals surface area contributed by atoms with E-state index in [-0.39, 0.29) is 25.3 Å². The standard InChI is InChI=1S/C22H20N2O4S2/c25-19(23-17(21(27)28)13-15-7-3-1-4-8-15)11-12-24-20(26)18(30-22(24)29)14-16-9-5-2-6-10-16/h1-10,14,17H,11-13H2,(H,23,25)(H,27,28)/b18-14-. The summed E-state index contributed by atoms with van der Waals surface area (Å²) < 4.78 is 0.383. The maximum atomic E-state index is 12.6. The Morgan fingerprint density at radius 3 is 2.37 bits per heavy atom. The maximum Gasteiger partial charge on any atom is 0.326 e. The predicted molar refractivity (Wildman–Crippen MR) is 121 cm³/mol. The molecule has 0 saturated carbocycles. The molecule has 2 amide bonds. The van der Waals surface area contributed by atoms with Crippen LogP contribution in [0.15, 0.2) is 65.6 Å². The van der Waals surface area contributed by atoms with Crippen LogP contribution in [0.2, 0.25) is 0 Å². The van der Waals surface area contributed by atoms with E-state index >= 15 is 0 Å². The van der Waals surface area contributed by atoms with Gasteiger partial charge in [0.25, 0.3) is 5.91 Å². The van der Waals surface area contributed by atoms with E-state index in [1.54, 1.807) is 18.2 Å². The number of hydrogen-bond donors (Lipinski definition) is 2. The highest BCUT2D eigenvalue weighted by Gasteiger charge is 2.32. The van der Waals surface area contributed by atoms with Gasteiger partial charge in [0.1, 0.15) is 10.4 Å². The van der Waals surface area contributed by atoms with Crippen molar-refractivity contribution in [3.05, 3.63) is 76.7 Å². The van der Waals surface area contributed by atoms with Crippen LogP contribution >= 0.6 is 24.0 Å². The van der Waals surface area contributed by atoms with Gasteiger partial charge in [0.15, 0.2) is 0 Å². The quantitative estimate of drug-likeness (QED) is 0.485. The molecule has 3 rings (SSSR count). The van der Waals surface area contributed by atoms with Crippen LogP contribution in [0.1, 0.15) is 17.5 Å². The second kappa shape index (κ2) is 10.2. The minimum atomic E-state index is -1.11. The predicted octanol–water partition coefficient (Wildman–Crippen LogP) is 3.09. The number of carbonyl (C=O) groups is 3. The number of rotatable bonds is 8. The largest absolute Gasteiger partial charge is 0.480 e. The van der Waals surface area contributed by atoms with Crippen molar-refractivity contribution < 1.29 is 19.5 Å². The fourth-order valence-electron chi connectivity index (χ4n) is 2.92. The van der Waals surface area contributed by atoms with Crippen molar-refractivity contribution in [3.8, 4) is 0 Å². The third kappa shape index (κ3) is 5.77. The van der Waals surface area contributed by atoms with E-state index in [0.29, 0.717) is 9.23 Å². The first-order valence-corrected chi connectivity index (χ1v) is 10.5. The first kappa shape index (κ1) is 21.7. The third-order valence-corrected chi connectivity index (χ3v) is 5.83. The SMILES string of the molecule is O=C(CCN1C(=O)/C(=C/c2ccccc2)SC1=S)NC(Cc1ccccc1)C(=O)O. The van der Waals surface area contributed by atoms with Gasteiger partial charge < -0.3 is 10.4 Å². The number of thioether (sulfide) groups is 1. The number of carboxylic acids is 1. The molecule has 1 aliphatic heterocycles. The Morgan fingerprint density at radius 2 is 1.73 bits per heavy atom. The number of hydrogen-bond acceptors (Lipinski definition) is 5. The van der Waals surface area contributed by atoms with Crippen molar-refractivity contribution >= 4 is 52.2 Å². The number of carboxylic acid groups (broad SMARTS) is 1. The van der Waals surface area contributed by atoms with Gasteiger partial charge in [-0.15, -0.1) is 0 Å². The van der Waals surface area contributed by atoms with Crippen LogP contribution in [0.3, 0.4) is 0 Å². The molecule has 0 aliphatic carbocycles. The molecular formula is C22H20N2O4S2. The topological polar surface area (TPSA) is 86.7 Å². The highest BCUT2D eigenvalue weighted by Crippen LogP contribution is 2.32.